The molecule has 0 radical (unpaired) electrons. The highest BCUT2D eigenvalue weighted by Crippen LogP contribution is 2.10. The maximum Gasteiger partial charge on any atom is 0.158 e. The molecule has 1 aromatic heterocycles. The summed E-state index contributed by atoms with van der Waals surface area (Å²) >= 11 is 4.96. The van der Waals surface area contributed by atoms with Crippen LogP contribution in [0, 0.1) is 0 Å². The molecule has 0 spiro atoms. The fourth-order valence-electron chi connectivity index (χ4n) is 1.65. The number of thiocarbonyl (C=S) groups is 1. The van der Waals surface area contributed by atoms with Crippen molar-refractivity contribution in [1.82, 2.24) is 10.2 Å². The third kappa shape index (κ3) is 4.17. The number of benzene rings is 1. The number of anilines is 1. The van der Waals surface area contributed by atoms with Crippen LogP contribution in [0.15, 0.2) is 42.6 Å². The van der Waals surface area contributed by atoms with Gasteiger partial charge in [-0.25, -0.2) is 0 Å². The van der Waals surface area contributed by atoms with E-state index in [1.807, 2.05) is 30.3 Å². The van der Waals surface area contributed by atoms with Crippen LogP contribution < -0.4 is 15.8 Å². The SMILES string of the molecule is NC(=S)c1ccnnc1NCCCOc1ccccc1. The van der Waals surface area contributed by atoms with Crippen LogP contribution in [-0.2, 0) is 0 Å². The Morgan fingerprint density at radius 2 is 2.05 bits per heavy atom. The van der Waals surface area contributed by atoms with E-state index >= 15 is 0 Å². The maximum atomic E-state index is 5.62. The van der Waals surface area contributed by atoms with Crippen molar-refractivity contribution in [1.29, 1.82) is 0 Å². The molecule has 0 amide bonds. The maximum absolute atomic E-state index is 5.62. The van der Waals surface area contributed by atoms with E-state index in [0.717, 1.165) is 12.2 Å². The smallest absolute Gasteiger partial charge is 0.158 e. The molecule has 0 aliphatic heterocycles. The number of hydrogen-bond acceptors (Lipinski definition) is 5. The molecular formula is C14H16N4OS. The van der Waals surface area contributed by atoms with Gasteiger partial charge in [0.25, 0.3) is 0 Å². The highest BCUT2D eigenvalue weighted by Gasteiger charge is 2.05. The molecule has 0 bridgehead atoms. The molecule has 0 fully saturated rings. The standard InChI is InChI=1S/C14H16N4OS/c15-13(20)12-7-9-17-18-14(12)16-8-4-10-19-11-5-2-1-3-6-11/h1-3,5-7,9H,4,8,10H2,(H2,15,20)(H,16,18). The molecule has 2 rings (SSSR count). The summed E-state index contributed by atoms with van der Waals surface area (Å²) in [6, 6.07) is 11.5. The van der Waals surface area contributed by atoms with E-state index in [4.69, 9.17) is 22.7 Å². The van der Waals surface area contributed by atoms with Gasteiger partial charge in [0.1, 0.15) is 10.7 Å². The van der Waals surface area contributed by atoms with Crippen LogP contribution >= 0.6 is 12.2 Å². The molecule has 6 heteroatoms. The van der Waals surface area contributed by atoms with Gasteiger partial charge in [0.15, 0.2) is 5.82 Å². The van der Waals surface area contributed by atoms with Crippen LogP contribution in [0.2, 0.25) is 0 Å². The van der Waals surface area contributed by atoms with Crippen LogP contribution in [0.4, 0.5) is 5.82 Å². The van der Waals surface area contributed by atoms with Crippen molar-refractivity contribution in [3.8, 4) is 5.75 Å². The van der Waals surface area contributed by atoms with E-state index < -0.39 is 0 Å². The number of aromatic nitrogens is 2. The third-order valence-electron chi connectivity index (χ3n) is 2.61. The highest BCUT2D eigenvalue weighted by atomic mass is 32.1. The second-order valence-electron chi connectivity index (χ2n) is 4.10. The molecule has 3 N–H and O–H groups in total. The average Bonchev–Trinajstić information content (AvgIpc) is 2.48. The van der Waals surface area contributed by atoms with Crippen LogP contribution in [0.25, 0.3) is 0 Å². The molecule has 2 aromatic rings. The highest BCUT2D eigenvalue weighted by molar-refractivity contribution is 7.80. The molecule has 0 aliphatic carbocycles. The van der Waals surface area contributed by atoms with E-state index in [9.17, 15) is 0 Å². The predicted octanol–water partition coefficient (Wildman–Crippen LogP) is 1.99. The summed E-state index contributed by atoms with van der Waals surface area (Å²) in [5.74, 6) is 1.48. The zero-order chi connectivity index (χ0) is 14.2. The van der Waals surface area contributed by atoms with Gasteiger partial charge in [-0.2, -0.15) is 5.10 Å². The monoisotopic (exact) mass is 288 g/mol. The van der Waals surface area contributed by atoms with Crippen LogP contribution in [-0.4, -0.2) is 28.3 Å². The Morgan fingerprint density at radius 1 is 1.25 bits per heavy atom. The van der Waals surface area contributed by atoms with Gasteiger partial charge >= 0.3 is 0 Å². The number of hydrogen-bond donors (Lipinski definition) is 2. The number of rotatable bonds is 7. The normalized spacial score (nSPS) is 10.0. The van der Waals surface area contributed by atoms with Crippen molar-refractivity contribution in [2.45, 2.75) is 6.42 Å². The number of ether oxygens (including phenoxy) is 1. The zero-order valence-electron chi connectivity index (χ0n) is 11.0. The average molecular weight is 288 g/mol. The molecule has 0 unspecified atom stereocenters. The fourth-order valence-corrected chi connectivity index (χ4v) is 1.81. The number of nitrogens with two attached hydrogens (primary N) is 1. The van der Waals surface area contributed by atoms with Gasteiger partial charge in [-0.1, -0.05) is 30.4 Å². The van der Waals surface area contributed by atoms with Gasteiger partial charge < -0.3 is 15.8 Å². The first-order valence-electron chi connectivity index (χ1n) is 6.30. The summed E-state index contributed by atoms with van der Waals surface area (Å²) in [6.07, 6.45) is 2.40. The van der Waals surface area contributed by atoms with Crippen molar-refractivity contribution in [3.63, 3.8) is 0 Å². The summed E-state index contributed by atoms with van der Waals surface area (Å²) in [7, 11) is 0. The molecule has 0 atom stereocenters. The Hall–Kier alpha value is -2.21. The van der Waals surface area contributed by atoms with E-state index in [-0.39, 0.29) is 0 Å². The summed E-state index contributed by atoms with van der Waals surface area (Å²) in [5, 5.41) is 11.0. The Balaban J connectivity index is 1.75. The van der Waals surface area contributed by atoms with Crippen LogP contribution in [0.3, 0.4) is 0 Å². The lowest BCUT2D eigenvalue weighted by atomic mass is 10.3. The minimum absolute atomic E-state index is 0.308. The Bertz CT molecular complexity index is 562. The third-order valence-corrected chi connectivity index (χ3v) is 2.83. The van der Waals surface area contributed by atoms with Gasteiger partial charge in [-0.05, 0) is 24.6 Å². The second-order valence-corrected chi connectivity index (χ2v) is 4.54. The minimum atomic E-state index is 0.308. The Labute approximate surface area is 123 Å². The number of nitrogens with one attached hydrogen (secondary N) is 1. The van der Waals surface area contributed by atoms with E-state index in [1.165, 1.54) is 0 Å². The molecular weight excluding hydrogens is 272 g/mol. The lowest BCUT2D eigenvalue weighted by Crippen LogP contribution is -2.16. The first-order valence-corrected chi connectivity index (χ1v) is 6.71. The first-order chi connectivity index (χ1) is 9.77. The molecule has 5 nitrogen and oxygen atoms in total. The topological polar surface area (TPSA) is 73.1 Å². The van der Waals surface area contributed by atoms with E-state index in [0.29, 0.717) is 29.5 Å². The molecule has 1 heterocycles. The van der Waals surface area contributed by atoms with Crippen LogP contribution in [0.5, 0.6) is 5.75 Å². The Morgan fingerprint density at radius 3 is 2.80 bits per heavy atom. The van der Waals surface area contributed by atoms with Crippen molar-refractivity contribution < 1.29 is 4.74 Å². The number of para-hydroxylation sites is 1. The first kappa shape index (κ1) is 14.2. The Kier molecular flexibility index (Phi) is 5.25. The fraction of sp³-hybridized carbons (Fsp3) is 0.214. The molecule has 20 heavy (non-hydrogen) atoms. The summed E-state index contributed by atoms with van der Waals surface area (Å²) < 4.78 is 5.60. The van der Waals surface area contributed by atoms with Gasteiger partial charge in [0, 0.05) is 6.54 Å². The summed E-state index contributed by atoms with van der Waals surface area (Å²) in [4.78, 5) is 0.308. The quantitative estimate of drug-likeness (QED) is 0.599. The molecule has 104 valence electrons. The number of nitrogens with zero attached hydrogens (tertiary/aromatic N) is 2. The van der Waals surface area contributed by atoms with Gasteiger partial charge in [0.2, 0.25) is 0 Å². The van der Waals surface area contributed by atoms with Crippen LogP contribution in [0.1, 0.15) is 12.0 Å². The van der Waals surface area contributed by atoms with Gasteiger partial charge in [0.05, 0.1) is 18.4 Å². The van der Waals surface area contributed by atoms with Crippen molar-refractivity contribution >= 4 is 23.0 Å². The minimum Gasteiger partial charge on any atom is -0.494 e. The van der Waals surface area contributed by atoms with Crippen molar-refractivity contribution in [2.24, 2.45) is 5.73 Å². The summed E-state index contributed by atoms with van der Waals surface area (Å²) in [5.41, 5.74) is 6.33. The predicted molar refractivity (Wildman–Crippen MR) is 83.0 cm³/mol. The second kappa shape index (κ2) is 7.40. The van der Waals surface area contributed by atoms with Gasteiger partial charge in [-0.3, -0.25) is 0 Å². The van der Waals surface area contributed by atoms with Crippen molar-refractivity contribution in [3.05, 3.63) is 48.2 Å². The van der Waals surface area contributed by atoms with E-state index in [2.05, 4.69) is 15.5 Å². The van der Waals surface area contributed by atoms with Gasteiger partial charge in [-0.15, -0.1) is 5.10 Å². The van der Waals surface area contributed by atoms with Crippen molar-refractivity contribution in [2.75, 3.05) is 18.5 Å². The molecule has 0 aliphatic rings. The zero-order valence-corrected chi connectivity index (χ0v) is 11.8. The largest absolute Gasteiger partial charge is 0.494 e. The molecule has 0 saturated heterocycles. The lowest BCUT2D eigenvalue weighted by molar-refractivity contribution is 0.315. The summed E-state index contributed by atoms with van der Waals surface area (Å²) in [6.45, 7) is 1.33. The molecule has 1 aromatic carbocycles. The van der Waals surface area contributed by atoms with E-state index in [1.54, 1.807) is 12.3 Å². The lowest BCUT2D eigenvalue weighted by Gasteiger charge is -2.09. The molecule has 0 saturated carbocycles.